The fourth-order valence-corrected chi connectivity index (χ4v) is 2.18. The van der Waals surface area contributed by atoms with E-state index >= 15 is 0 Å². The third-order valence-electron chi connectivity index (χ3n) is 2.48. The summed E-state index contributed by atoms with van der Waals surface area (Å²) < 4.78 is 13.7. The molecular weight excluding hydrogens is 364 g/mol. The van der Waals surface area contributed by atoms with E-state index in [1.54, 1.807) is 0 Å². The lowest BCUT2D eigenvalue weighted by Crippen LogP contribution is -2.41. The lowest BCUT2D eigenvalue weighted by Gasteiger charge is -2.17. The van der Waals surface area contributed by atoms with Crippen molar-refractivity contribution in [3.8, 4) is 0 Å². The van der Waals surface area contributed by atoms with Gasteiger partial charge in [-0.3, -0.25) is 4.79 Å². The standard InChI is InChI=1S/C13H15FINO3/c1-7(2)5-11(13(18)19)16-12(17)9-6-8(14)3-4-10(9)15/h3-4,6-7,11H,5H2,1-2H3,(H,16,17)(H,18,19)/t11-/m1/s1. The molecular formula is C13H15FINO3. The number of rotatable bonds is 5. The Bertz CT molecular complexity index is 491. The maximum absolute atomic E-state index is 13.1. The van der Waals surface area contributed by atoms with Crippen molar-refractivity contribution in [3.05, 3.63) is 33.1 Å². The zero-order chi connectivity index (χ0) is 14.6. The molecule has 0 aromatic heterocycles. The zero-order valence-electron chi connectivity index (χ0n) is 10.6. The Morgan fingerprint density at radius 1 is 1.42 bits per heavy atom. The van der Waals surface area contributed by atoms with Crippen LogP contribution in [0.4, 0.5) is 4.39 Å². The Hall–Kier alpha value is -1.18. The van der Waals surface area contributed by atoms with Gasteiger partial charge in [0.25, 0.3) is 5.91 Å². The van der Waals surface area contributed by atoms with Crippen LogP contribution in [0.1, 0.15) is 30.6 Å². The van der Waals surface area contributed by atoms with Crippen LogP contribution < -0.4 is 5.32 Å². The lowest BCUT2D eigenvalue weighted by molar-refractivity contribution is -0.139. The van der Waals surface area contributed by atoms with Crippen molar-refractivity contribution in [1.82, 2.24) is 5.32 Å². The molecule has 4 nitrogen and oxygen atoms in total. The van der Waals surface area contributed by atoms with Gasteiger partial charge in [-0.05, 0) is 53.1 Å². The van der Waals surface area contributed by atoms with E-state index in [1.165, 1.54) is 12.1 Å². The fourth-order valence-electron chi connectivity index (χ4n) is 1.60. The minimum atomic E-state index is -1.09. The summed E-state index contributed by atoms with van der Waals surface area (Å²) in [5, 5.41) is 11.5. The number of carbonyl (C=O) groups excluding carboxylic acids is 1. The average Bonchev–Trinajstić information content (AvgIpc) is 2.30. The Kier molecular flexibility index (Phi) is 5.71. The number of benzene rings is 1. The molecule has 0 aliphatic carbocycles. The molecule has 0 aliphatic rings. The van der Waals surface area contributed by atoms with Crippen molar-refractivity contribution >= 4 is 34.5 Å². The third kappa shape index (κ3) is 4.77. The highest BCUT2D eigenvalue weighted by molar-refractivity contribution is 14.1. The molecule has 0 saturated carbocycles. The molecule has 0 heterocycles. The van der Waals surface area contributed by atoms with Gasteiger partial charge in [0.15, 0.2) is 0 Å². The van der Waals surface area contributed by atoms with Crippen LogP contribution in [-0.2, 0) is 4.79 Å². The van der Waals surface area contributed by atoms with E-state index in [1.807, 2.05) is 36.4 Å². The molecule has 0 unspecified atom stereocenters. The van der Waals surface area contributed by atoms with Crippen LogP contribution in [0.2, 0.25) is 0 Å². The topological polar surface area (TPSA) is 66.4 Å². The first-order valence-corrected chi connectivity index (χ1v) is 6.88. The highest BCUT2D eigenvalue weighted by Gasteiger charge is 2.22. The Labute approximate surface area is 124 Å². The summed E-state index contributed by atoms with van der Waals surface area (Å²) in [5.74, 6) is -2.06. The normalized spacial score (nSPS) is 12.3. The number of halogens is 2. The van der Waals surface area contributed by atoms with E-state index in [9.17, 15) is 14.0 Å². The van der Waals surface area contributed by atoms with Gasteiger partial charge in [0.1, 0.15) is 11.9 Å². The van der Waals surface area contributed by atoms with Crippen molar-refractivity contribution in [2.75, 3.05) is 0 Å². The molecule has 0 aliphatic heterocycles. The highest BCUT2D eigenvalue weighted by Crippen LogP contribution is 2.14. The maximum atomic E-state index is 13.1. The van der Waals surface area contributed by atoms with E-state index in [4.69, 9.17) is 5.11 Å². The van der Waals surface area contributed by atoms with E-state index < -0.39 is 23.7 Å². The fraction of sp³-hybridized carbons (Fsp3) is 0.385. The van der Waals surface area contributed by atoms with Gasteiger partial charge in [-0.15, -0.1) is 0 Å². The first-order chi connectivity index (χ1) is 8.81. The number of hydrogen-bond acceptors (Lipinski definition) is 2. The number of aliphatic carboxylic acids is 1. The van der Waals surface area contributed by atoms with Crippen molar-refractivity contribution < 1.29 is 19.1 Å². The molecule has 0 fully saturated rings. The maximum Gasteiger partial charge on any atom is 0.326 e. The van der Waals surface area contributed by atoms with Crippen LogP contribution in [0.25, 0.3) is 0 Å². The van der Waals surface area contributed by atoms with Gasteiger partial charge >= 0.3 is 5.97 Å². The predicted octanol–water partition coefficient (Wildman–Crippen LogP) is 2.66. The van der Waals surface area contributed by atoms with Crippen molar-refractivity contribution in [2.45, 2.75) is 26.3 Å². The first-order valence-electron chi connectivity index (χ1n) is 5.80. The van der Waals surface area contributed by atoms with Crippen molar-refractivity contribution in [2.24, 2.45) is 5.92 Å². The van der Waals surface area contributed by atoms with Gasteiger partial charge in [0.05, 0.1) is 5.56 Å². The number of amides is 1. The monoisotopic (exact) mass is 379 g/mol. The van der Waals surface area contributed by atoms with Crippen LogP contribution in [0.5, 0.6) is 0 Å². The molecule has 0 bridgehead atoms. The van der Waals surface area contributed by atoms with E-state index in [0.717, 1.165) is 6.07 Å². The third-order valence-corrected chi connectivity index (χ3v) is 3.42. The molecule has 1 aromatic carbocycles. The second-order valence-electron chi connectivity index (χ2n) is 4.62. The minimum Gasteiger partial charge on any atom is -0.480 e. The lowest BCUT2D eigenvalue weighted by atomic mass is 10.0. The summed E-state index contributed by atoms with van der Waals surface area (Å²) in [6, 6.07) is 2.86. The number of carboxylic acid groups (broad SMARTS) is 1. The molecule has 0 radical (unpaired) electrons. The summed E-state index contributed by atoms with van der Waals surface area (Å²) in [7, 11) is 0. The van der Waals surface area contributed by atoms with Crippen LogP contribution in [0, 0.1) is 15.3 Å². The summed E-state index contributed by atoms with van der Waals surface area (Å²) in [5.41, 5.74) is 0.149. The number of nitrogens with one attached hydrogen (secondary N) is 1. The molecule has 1 atom stereocenters. The Morgan fingerprint density at radius 3 is 2.58 bits per heavy atom. The van der Waals surface area contributed by atoms with E-state index in [-0.39, 0.29) is 11.5 Å². The second-order valence-corrected chi connectivity index (χ2v) is 5.78. The van der Waals surface area contributed by atoms with Gasteiger partial charge in [0, 0.05) is 3.57 Å². The van der Waals surface area contributed by atoms with Gasteiger partial charge in [-0.25, -0.2) is 9.18 Å². The van der Waals surface area contributed by atoms with E-state index in [0.29, 0.717) is 9.99 Å². The summed E-state index contributed by atoms with van der Waals surface area (Å²) >= 11 is 1.91. The summed E-state index contributed by atoms with van der Waals surface area (Å²) in [6.07, 6.45) is 0.326. The average molecular weight is 379 g/mol. The SMILES string of the molecule is CC(C)C[C@@H](NC(=O)c1cc(F)ccc1I)C(=O)O. The van der Waals surface area contributed by atoms with Crippen molar-refractivity contribution in [3.63, 3.8) is 0 Å². The zero-order valence-corrected chi connectivity index (χ0v) is 12.8. The molecule has 19 heavy (non-hydrogen) atoms. The van der Waals surface area contributed by atoms with Crippen LogP contribution >= 0.6 is 22.6 Å². The van der Waals surface area contributed by atoms with Crippen molar-refractivity contribution in [1.29, 1.82) is 0 Å². The second kappa shape index (κ2) is 6.83. The van der Waals surface area contributed by atoms with Gasteiger partial charge in [-0.1, -0.05) is 13.8 Å². The molecule has 0 saturated heterocycles. The summed E-state index contributed by atoms with van der Waals surface area (Å²) in [6.45, 7) is 3.74. The van der Waals surface area contributed by atoms with Gasteiger partial charge in [0.2, 0.25) is 0 Å². The number of carbonyl (C=O) groups is 2. The van der Waals surface area contributed by atoms with Crippen LogP contribution in [0.3, 0.4) is 0 Å². The number of hydrogen-bond donors (Lipinski definition) is 2. The quantitative estimate of drug-likeness (QED) is 0.774. The smallest absolute Gasteiger partial charge is 0.326 e. The molecule has 2 N–H and O–H groups in total. The molecule has 1 rings (SSSR count). The summed E-state index contributed by atoms with van der Waals surface area (Å²) in [4.78, 5) is 23.0. The largest absolute Gasteiger partial charge is 0.480 e. The molecule has 104 valence electrons. The highest BCUT2D eigenvalue weighted by atomic mass is 127. The Morgan fingerprint density at radius 2 is 2.05 bits per heavy atom. The van der Waals surface area contributed by atoms with Crippen LogP contribution in [0.15, 0.2) is 18.2 Å². The number of carboxylic acids is 1. The Balaban J connectivity index is 2.87. The van der Waals surface area contributed by atoms with E-state index in [2.05, 4.69) is 5.32 Å². The first kappa shape index (κ1) is 15.9. The molecule has 1 amide bonds. The molecule has 6 heteroatoms. The minimum absolute atomic E-state index is 0.132. The predicted molar refractivity (Wildman–Crippen MR) is 77.5 cm³/mol. The molecule has 0 spiro atoms. The van der Waals surface area contributed by atoms with Crippen LogP contribution in [-0.4, -0.2) is 23.0 Å². The van der Waals surface area contributed by atoms with Gasteiger partial charge in [-0.2, -0.15) is 0 Å². The molecule has 1 aromatic rings. The van der Waals surface area contributed by atoms with Gasteiger partial charge < -0.3 is 10.4 Å².